The SMILES string of the molecule is Cl.NC1C2CCCC1CC(C(=O)Nc1ccn(-c3ccccc3)n1)C2. The quantitative estimate of drug-likeness (QED) is 0.881. The van der Waals surface area contributed by atoms with Crippen LogP contribution in [0.15, 0.2) is 42.6 Å². The van der Waals surface area contributed by atoms with Crippen LogP contribution in [0.1, 0.15) is 32.1 Å². The van der Waals surface area contributed by atoms with Gasteiger partial charge in [-0.25, -0.2) is 4.68 Å². The fraction of sp³-hybridized carbons (Fsp3) is 0.474. The Labute approximate surface area is 154 Å². The number of aromatic nitrogens is 2. The third-order valence-electron chi connectivity index (χ3n) is 5.64. The molecule has 1 aromatic heterocycles. The number of nitrogens with zero attached hydrogens (tertiary/aromatic N) is 2. The highest BCUT2D eigenvalue weighted by molar-refractivity contribution is 5.91. The van der Waals surface area contributed by atoms with E-state index in [4.69, 9.17) is 5.73 Å². The number of para-hydroxylation sites is 1. The molecule has 3 N–H and O–H groups in total. The van der Waals surface area contributed by atoms with Gasteiger partial charge in [0.15, 0.2) is 5.82 Å². The van der Waals surface area contributed by atoms with Crippen LogP contribution in [0.25, 0.3) is 5.69 Å². The average molecular weight is 361 g/mol. The number of fused-ring (bicyclic) bond motifs is 2. The molecule has 2 bridgehead atoms. The third-order valence-corrected chi connectivity index (χ3v) is 5.64. The van der Waals surface area contributed by atoms with Crippen molar-refractivity contribution < 1.29 is 4.79 Å². The number of nitrogens with two attached hydrogens (primary N) is 1. The molecule has 2 saturated carbocycles. The van der Waals surface area contributed by atoms with Crippen molar-refractivity contribution in [2.75, 3.05) is 5.32 Å². The molecule has 2 atom stereocenters. The number of hydrogen-bond donors (Lipinski definition) is 2. The largest absolute Gasteiger partial charge is 0.327 e. The van der Waals surface area contributed by atoms with E-state index in [-0.39, 0.29) is 24.2 Å². The second-order valence-corrected chi connectivity index (χ2v) is 7.17. The van der Waals surface area contributed by atoms with Crippen LogP contribution in [-0.4, -0.2) is 21.7 Å². The zero-order valence-electron chi connectivity index (χ0n) is 14.2. The first-order valence-corrected chi connectivity index (χ1v) is 8.88. The molecule has 0 radical (unpaired) electrons. The van der Waals surface area contributed by atoms with Crippen molar-refractivity contribution in [3.8, 4) is 5.69 Å². The standard InChI is InChI=1S/C19H24N4O.ClH/c20-18-13-5-4-6-14(18)12-15(11-13)19(24)21-17-9-10-23(22-17)16-7-2-1-3-8-16;/h1-3,7-10,13-15,18H,4-6,11-12,20H2,(H,21,22,24);1H. The van der Waals surface area contributed by atoms with Gasteiger partial charge in [-0.2, -0.15) is 5.10 Å². The first kappa shape index (κ1) is 18.0. The number of rotatable bonds is 3. The van der Waals surface area contributed by atoms with Crippen LogP contribution in [0.3, 0.4) is 0 Å². The van der Waals surface area contributed by atoms with Crippen molar-refractivity contribution in [1.82, 2.24) is 9.78 Å². The number of carbonyl (C=O) groups excluding carboxylic acids is 1. The van der Waals surface area contributed by atoms with Gasteiger partial charge in [0.25, 0.3) is 0 Å². The number of anilines is 1. The van der Waals surface area contributed by atoms with Gasteiger partial charge in [-0.1, -0.05) is 24.6 Å². The number of hydrogen-bond acceptors (Lipinski definition) is 3. The van der Waals surface area contributed by atoms with Crippen molar-refractivity contribution >= 4 is 24.1 Å². The molecule has 1 aromatic carbocycles. The molecule has 6 heteroatoms. The summed E-state index contributed by atoms with van der Waals surface area (Å²) in [5, 5.41) is 7.46. The van der Waals surface area contributed by atoms with Gasteiger partial charge in [0.2, 0.25) is 5.91 Å². The normalized spacial score (nSPS) is 28.0. The topological polar surface area (TPSA) is 72.9 Å². The maximum Gasteiger partial charge on any atom is 0.228 e. The van der Waals surface area contributed by atoms with Gasteiger partial charge >= 0.3 is 0 Å². The summed E-state index contributed by atoms with van der Waals surface area (Å²) in [6.45, 7) is 0. The van der Waals surface area contributed by atoms with Crippen molar-refractivity contribution in [2.45, 2.75) is 38.1 Å². The number of carbonyl (C=O) groups is 1. The molecular weight excluding hydrogens is 336 g/mol. The number of amides is 1. The molecule has 0 saturated heterocycles. The molecule has 134 valence electrons. The highest BCUT2D eigenvalue weighted by Gasteiger charge is 2.40. The molecule has 2 unspecified atom stereocenters. The molecule has 5 nitrogen and oxygen atoms in total. The molecule has 4 rings (SSSR count). The average Bonchev–Trinajstić information content (AvgIpc) is 3.04. The predicted molar refractivity (Wildman–Crippen MR) is 101 cm³/mol. The highest BCUT2D eigenvalue weighted by Crippen LogP contribution is 2.42. The monoisotopic (exact) mass is 360 g/mol. The molecular formula is C19H25ClN4O. The maximum absolute atomic E-state index is 12.6. The summed E-state index contributed by atoms with van der Waals surface area (Å²) < 4.78 is 1.78. The molecule has 1 heterocycles. The van der Waals surface area contributed by atoms with E-state index in [1.54, 1.807) is 4.68 Å². The van der Waals surface area contributed by atoms with Gasteiger partial charge in [-0.05, 0) is 49.7 Å². The van der Waals surface area contributed by atoms with Crippen LogP contribution >= 0.6 is 12.4 Å². The number of benzene rings is 1. The lowest BCUT2D eigenvalue weighted by Crippen LogP contribution is -2.48. The molecule has 25 heavy (non-hydrogen) atoms. The fourth-order valence-corrected chi connectivity index (χ4v) is 4.35. The van der Waals surface area contributed by atoms with Gasteiger partial charge < -0.3 is 11.1 Å². The van der Waals surface area contributed by atoms with Crippen LogP contribution in [0.2, 0.25) is 0 Å². The van der Waals surface area contributed by atoms with Crippen molar-refractivity contribution in [3.63, 3.8) is 0 Å². The third kappa shape index (κ3) is 3.72. The Balaban J connectivity index is 0.00000182. The summed E-state index contributed by atoms with van der Waals surface area (Å²) in [5.74, 6) is 1.80. The molecule has 2 aliphatic rings. The Morgan fingerprint density at radius 1 is 1.12 bits per heavy atom. The molecule has 2 aromatic rings. The van der Waals surface area contributed by atoms with E-state index in [0.29, 0.717) is 23.7 Å². The van der Waals surface area contributed by atoms with Crippen LogP contribution < -0.4 is 11.1 Å². The lowest BCUT2D eigenvalue weighted by Gasteiger charge is -2.43. The fourth-order valence-electron chi connectivity index (χ4n) is 4.35. The minimum Gasteiger partial charge on any atom is -0.327 e. The molecule has 1 amide bonds. The maximum atomic E-state index is 12.6. The van der Waals surface area contributed by atoms with Crippen molar-refractivity contribution in [3.05, 3.63) is 42.6 Å². The molecule has 0 aliphatic heterocycles. The van der Waals surface area contributed by atoms with Crippen LogP contribution in [-0.2, 0) is 4.79 Å². The molecule has 2 fully saturated rings. The van der Waals surface area contributed by atoms with Crippen LogP contribution in [0.4, 0.5) is 5.82 Å². The highest BCUT2D eigenvalue weighted by atomic mass is 35.5. The predicted octanol–water partition coefficient (Wildman–Crippen LogP) is 3.39. The zero-order valence-corrected chi connectivity index (χ0v) is 15.0. The molecule has 2 aliphatic carbocycles. The summed E-state index contributed by atoms with van der Waals surface area (Å²) in [5.41, 5.74) is 7.30. The van der Waals surface area contributed by atoms with Gasteiger partial charge in [0.1, 0.15) is 0 Å². The van der Waals surface area contributed by atoms with Crippen LogP contribution in [0.5, 0.6) is 0 Å². The van der Waals surface area contributed by atoms with E-state index in [9.17, 15) is 4.79 Å². The second kappa shape index (κ2) is 7.58. The first-order valence-electron chi connectivity index (χ1n) is 8.88. The van der Waals surface area contributed by atoms with Gasteiger partial charge in [0, 0.05) is 24.2 Å². The van der Waals surface area contributed by atoms with E-state index in [0.717, 1.165) is 18.5 Å². The smallest absolute Gasteiger partial charge is 0.228 e. The minimum absolute atomic E-state index is 0. The Morgan fingerprint density at radius 2 is 1.80 bits per heavy atom. The van der Waals surface area contributed by atoms with E-state index in [2.05, 4.69) is 10.4 Å². The summed E-state index contributed by atoms with van der Waals surface area (Å²) in [4.78, 5) is 12.6. The lowest BCUT2D eigenvalue weighted by molar-refractivity contribution is -0.122. The van der Waals surface area contributed by atoms with E-state index < -0.39 is 0 Å². The Bertz CT molecular complexity index is 703. The van der Waals surface area contributed by atoms with Gasteiger partial charge in [-0.15, -0.1) is 12.4 Å². The first-order chi connectivity index (χ1) is 11.7. The summed E-state index contributed by atoms with van der Waals surface area (Å²) in [6, 6.07) is 12.0. The Morgan fingerprint density at radius 3 is 2.48 bits per heavy atom. The minimum atomic E-state index is 0. The van der Waals surface area contributed by atoms with Crippen molar-refractivity contribution in [2.24, 2.45) is 23.5 Å². The summed E-state index contributed by atoms with van der Waals surface area (Å²) in [7, 11) is 0. The number of nitrogens with one attached hydrogen (secondary N) is 1. The Kier molecular flexibility index (Phi) is 5.45. The van der Waals surface area contributed by atoms with E-state index in [1.807, 2.05) is 42.6 Å². The van der Waals surface area contributed by atoms with E-state index >= 15 is 0 Å². The summed E-state index contributed by atoms with van der Waals surface area (Å²) in [6.07, 6.45) is 7.31. The Hall–Kier alpha value is -1.85. The van der Waals surface area contributed by atoms with Gasteiger partial charge in [0.05, 0.1) is 5.69 Å². The second-order valence-electron chi connectivity index (χ2n) is 7.17. The van der Waals surface area contributed by atoms with E-state index in [1.165, 1.54) is 19.3 Å². The van der Waals surface area contributed by atoms with Gasteiger partial charge in [-0.3, -0.25) is 4.79 Å². The number of halogens is 1. The molecule has 0 spiro atoms. The summed E-state index contributed by atoms with van der Waals surface area (Å²) >= 11 is 0. The zero-order chi connectivity index (χ0) is 16.5. The van der Waals surface area contributed by atoms with Crippen molar-refractivity contribution in [1.29, 1.82) is 0 Å². The lowest BCUT2D eigenvalue weighted by atomic mass is 9.65. The van der Waals surface area contributed by atoms with Crippen LogP contribution in [0, 0.1) is 17.8 Å².